The van der Waals surface area contributed by atoms with Crippen LogP contribution in [0.1, 0.15) is 31.0 Å². The summed E-state index contributed by atoms with van der Waals surface area (Å²) in [6.45, 7) is 4.08. The Morgan fingerprint density at radius 3 is 2.70 bits per heavy atom. The van der Waals surface area contributed by atoms with Gasteiger partial charge in [-0.15, -0.1) is 0 Å². The lowest BCUT2D eigenvalue weighted by Crippen LogP contribution is -2.23. The fourth-order valence-corrected chi connectivity index (χ4v) is 3.03. The molecule has 0 saturated heterocycles. The highest BCUT2D eigenvalue weighted by Crippen LogP contribution is 2.40. The Labute approximate surface area is 119 Å². The van der Waals surface area contributed by atoms with Crippen molar-refractivity contribution >= 4 is 11.4 Å². The first kappa shape index (κ1) is 13.0. The molecule has 2 aromatic rings. The topological polar surface area (TPSA) is 49.5 Å². The molecule has 0 radical (unpaired) electrons. The van der Waals surface area contributed by atoms with E-state index in [-0.39, 0.29) is 11.8 Å². The summed E-state index contributed by atoms with van der Waals surface area (Å²) < 4.78 is 0. The van der Waals surface area contributed by atoms with Gasteiger partial charge in [0, 0.05) is 35.1 Å². The third-order valence-corrected chi connectivity index (χ3v) is 3.99. The quantitative estimate of drug-likeness (QED) is 0.876. The number of phenols is 1. The second kappa shape index (κ2) is 4.84. The molecule has 3 heteroatoms. The average Bonchev–Trinajstić information content (AvgIpc) is 2.73. The third-order valence-electron chi connectivity index (χ3n) is 3.99. The van der Waals surface area contributed by atoms with Crippen LogP contribution in [0.4, 0.5) is 11.4 Å². The average molecular weight is 268 g/mol. The number of hydrogen-bond acceptors (Lipinski definition) is 3. The van der Waals surface area contributed by atoms with Gasteiger partial charge in [-0.05, 0) is 38.0 Å². The van der Waals surface area contributed by atoms with E-state index < -0.39 is 0 Å². The zero-order chi connectivity index (χ0) is 14.3. The van der Waals surface area contributed by atoms with Crippen molar-refractivity contribution in [1.29, 1.82) is 0 Å². The molecule has 0 bridgehead atoms. The molecule has 3 nitrogen and oxygen atoms in total. The van der Waals surface area contributed by atoms with E-state index in [9.17, 15) is 5.11 Å². The minimum atomic E-state index is -0.160. The summed E-state index contributed by atoms with van der Waals surface area (Å²) in [6, 6.07) is 14.4. The molecule has 3 rings (SSSR count). The number of hydrogen-bond donors (Lipinski definition) is 2. The second-order valence-electron chi connectivity index (χ2n) is 5.58. The van der Waals surface area contributed by atoms with Crippen LogP contribution in [0.15, 0.2) is 42.5 Å². The molecular formula is C17H20N2O. The Morgan fingerprint density at radius 2 is 2.00 bits per heavy atom. The molecule has 2 atom stereocenters. The van der Waals surface area contributed by atoms with Crippen LogP contribution in [0.3, 0.4) is 0 Å². The van der Waals surface area contributed by atoms with Crippen molar-refractivity contribution in [3.05, 3.63) is 53.6 Å². The first-order valence-corrected chi connectivity index (χ1v) is 7.03. The standard InChI is InChI=1S/C17H20N2O/c1-11-9-13-5-3-4-6-16(13)19(11)14-7-8-15(12(2)18)17(20)10-14/h3-8,10-12,20H,9,18H2,1-2H3. The van der Waals surface area contributed by atoms with E-state index in [0.717, 1.165) is 17.7 Å². The van der Waals surface area contributed by atoms with Crippen LogP contribution in [0.25, 0.3) is 0 Å². The molecule has 0 fully saturated rings. The molecule has 0 saturated carbocycles. The van der Waals surface area contributed by atoms with E-state index in [2.05, 4.69) is 36.1 Å². The number of nitrogens with two attached hydrogens (primary N) is 1. The number of rotatable bonds is 2. The number of para-hydroxylation sites is 1. The smallest absolute Gasteiger partial charge is 0.122 e. The van der Waals surface area contributed by atoms with E-state index >= 15 is 0 Å². The second-order valence-corrected chi connectivity index (χ2v) is 5.58. The molecule has 3 N–H and O–H groups in total. The lowest BCUT2D eigenvalue weighted by molar-refractivity contribution is 0.464. The molecule has 0 aliphatic carbocycles. The largest absolute Gasteiger partial charge is 0.508 e. The first-order valence-electron chi connectivity index (χ1n) is 7.03. The Bertz CT molecular complexity index is 637. The normalized spacial score (nSPS) is 18.9. The van der Waals surface area contributed by atoms with Gasteiger partial charge in [-0.2, -0.15) is 0 Å². The van der Waals surface area contributed by atoms with Gasteiger partial charge < -0.3 is 15.7 Å². The highest BCUT2D eigenvalue weighted by atomic mass is 16.3. The molecule has 1 aliphatic rings. The van der Waals surface area contributed by atoms with E-state index in [1.807, 2.05) is 25.1 Å². The third kappa shape index (κ3) is 2.04. The van der Waals surface area contributed by atoms with Crippen LogP contribution in [0.5, 0.6) is 5.75 Å². The van der Waals surface area contributed by atoms with Crippen molar-refractivity contribution in [2.45, 2.75) is 32.4 Å². The van der Waals surface area contributed by atoms with Gasteiger partial charge in [0.25, 0.3) is 0 Å². The van der Waals surface area contributed by atoms with Crippen molar-refractivity contribution in [1.82, 2.24) is 0 Å². The van der Waals surface area contributed by atoms with E-state index in [1.54, 1.807) is 0 Å². The molecule has 1 heterocycles. The highest BCUT2D eigenvalue weighted by molar-refractivity contribution is 5.72. The summed E-state index contributed by atoms with van der Waals surface area (Å²) >= 11 is 0. The van der Waals surface area contributed by atoms with Gasteiger partial charge in [-0.25, -0.2) is 0 Å². The van der Waals surface area contributed by atoms with Crippen LogP contribution in [0, 0.1) is 0 Å². The van der Waals surface area contributed by atoms with Crippen molar-refractivity contribution < 1.29 is 5.11 Å². The molecule has 0 aromatic heterocycles. The van der Waals surface area contributed by atoms with Crippen molar-refractivity contribution in [2.75, 3.05) is 4.90 Å². The molecule has 2 aromatic carbocycles. The van der Waals surface area contributed by atoms with Crippen molar-refractivity contribution in [3.63, 3.8) is 0 Å². The molecule has 0 spiro atoms. The Kier molecular flexibility index (Phi) is 3.14. The number of nitrogens with zero attached hydrogens (tertiary/aromatic N) is 1. The molecule has 0 amide bonds. The summed E-state index contributed by atoms with van der Waals surface area (Å²) in [5.74, 6) is 0.272. The molecule has 1 aliphatic heterocycles. The van der Waals surface area contributed by atoms with Gasteiger partial charge in [-0.1, -0.05) is 24.3 Å². The number of anilines is 2. The summed E-state index contributed by atoms with van der Waals surface area (Å²) in [5, 5.41) is 10.1. The number of benzene rings is 2. The maximum absolute atomic E-state index is 10.1. The fraction of sp³-hybridized carbons (Fsp3) is 0.294. The van der Waals surface area contributed by atoms with Crippen molar-refractivity contribution in [3.8, 4) is 5.75 Å². The summed E-state index contributed by atoms with van der Waals surface area (Å²) in [6.07, 6.45) is 1.03. The van der Waals surface area contributed by atoms with Gasteiger partial charge in [0.2, 0.25) is 0 Å². The maximum atomic E-state index is 10.1. The number of fused-ring (bicyclic) bond motifs is 1. The molecule has 20 heavy (non-hydrogen) atoms. The Hall–Kier alpha value is -2.00. The predicted molar refractivity (Wildman–Crippen MR) is 82.5 cm³/mol. The minimum absolute atomic E-state index is 0.160. The van der Waals surface area contributed by atoms with Gasteiger partial charge in [0.1, 0.15) is 5.75 Å². The molecule has 104 valence electrons. The summed E-state index contributed by atoms with van der Waals surface area (Å²) in [7, 11) is 0. The van der Waals surface area contributed by atoms with Gasteiger partial charge in [-0.3, -0.25) is 0 Å². The Balaban J connectivity index is 2.03. The van der Waals surface area contributed by atoms with E-state index in [1.165, 1.54) is 11.3 Å². The van der Waals surface area contributed by atoms with Crippen LogP contribution in [0.2, 0.25) is 0 Å². The first-order chi connectivity index (χ1) is 9.58. The summed E-state index contributed by atoms with van der Waals surface area (Å²) in [4.78, 5) is 2.28. The van der Waals surface area contributed by atoms with E-state index in [4.69, 9.17) is 5.73 Å². The summed E-state index contributed by atoms with van der Waals surface area (Å²) in [5.41, 5.74) is 10.2. The van der Waals surface area contributed by atoms with Crippen LogP contribution in [-0.2, 0) is 6.42 Å². The molecule has 2 unspecified atom stereocenters. The zero-order valence-electron chi connectivity index (χ0n) is 11.9. The SMILES string of the molecule is CC(N)c1ccc(N2c3ccccc3CC2C)cc1O. The fourth-order valence-electron chi connectivity index (χ4n) is 3.03. The van der Waals surface area contributed by atoms with Crippen LogP contribution in [-0.4, -0.2) is 11.1 Å². The van der Waals surface area contributed by atoms with Crippen molar-refractivity contribution in [2.24, 2.45) is 5.73 Å². The Morgan fingerprint density at radius 1 is 1.25 bits per heavy atom. The van der Waals surface area contributed by atoms with Crippen LogP contribution >= 0.6 is 0 Å². The maximum Gasteiger partial charge on any atom is 0.122 e. The van der Waals surface area contributed by atoms with Gasteiger partial charge in [0.05, 0.1) is 0 Å². The molecular weight excluding hydrogens is 248 g/mol. The number of phenolic OH excluding ortho intramolecular Hbond substituents is 1. The highest BCUT2D eigenvalue weighted by Gasteiger charge is 2.27. The van der Waals surface area contributed by atoms with Crippen LogP contribution < -0.4 is 10.6 Å². The monoisotopic (exact) mass is 268 g/mol. The lowest BCUT2D eigenvalue weighted by atomic mass is 10.1. The van der Waals surface area contributed by atoms with E-state index in [0.29, 0.717) is 6.04 Å². The lowest BCUT2D eigenvalue weighted by Gasteiger charge is -2.26. The number of aromatic hydroxyl groups is 1. The minimum Gasteiger partial charge on any atom is -0.508 e. The van der Waals surface area contributed by atoms with Gasteiger partial charge >= 0.3 is 0 Å². The zero-order valence-corrected chi connectivity index (χ0v) is 11.9. The van der Waals surface area contributed by atoms with Gasteiger partial charge in [0.15, 0.2) is 0 Å². The predicted octanol–water partition coefficient (Wildman–Crippen LogP) is 3.49.